The van der Waals surface area contributed by atoms with Gasteiger partial charge in [-0.05, 0) is 24.3 Å². The van der Waals surface area contributed by atoms with Crippen molar-refractivity contribution in [3.05, 3.63) is 36.1 Å². The summed E-state index contributed by atoms with van der Waals surface area (Å²) in [5.41, 5.74) is 0.275. The van der Waals surface area contributed by atoms with Crippen LogP contribution in [-0.2, 0) is 6.54 Å². The Bertz CT molecular complexity index is 665. The maximum atomic E-state index is 10.4. The van der Waals surface area contributed by atoms with E-state index in [1.165, 1.54) is 0 Å². The first-order valence-electron chi connectivity index (χ1n) is 7.79. The molecule has 24 heavy (non-hydrogen) atoms. The van der Waals surface area contributed by atoms with Gasteiger partial charge < -0.3 is 19.7 Å². The molecule has 0 spiro atoms. The highest BCUT2D eigenvalue weighted by molar-refractivity contribution is 14.0. The summed E-state index contributed by atoms with van der Waals surface area (Å²) >= 11 is 1.80. The SMILES string of the molecule is CN=C(NCC1(O)CCSC1)N(C)Cc1cc2ccccc2o1.I. The van der Waals surface area contributed by atoms with Crippen LogP contribution in [0.25, 0.3) is 11.0 Å². The van der Waals surface area contributed by atoms with Gasteiger partial charge in [-0.25, -0.2) is 0 Å². The first kappa shape index (κ1) is 19.4. The van der Waals surface area contributed by atoms with Crippen LogP contribution in [0.5, 0.6) is 0 Å². The number of aliphatic imine (C=N–C) groups is 1. The molecule has 2 heterocycles. The van der Waals surface area contributed by atoms with Crippen LogP contribution < -0.4 is 5.32 Å². The van der Waals surface area contributed by atoms with E-state index in [1.807, 2.05) is 36.2 Å². The van der Waals surface area contributed by atoms with Crippen molar-refractivity contribution >= 4 is 52.7 Å². The zero-order chi connectivity index (χ0) is 16.3. The highest BCUT2D eigenvalue weighted by Crippen LogP contribution is 2.27. The van der Waals surface area contributed by atoms with Crippen LogP contribution in [0.2, 0.25) is 0 Å². The summed E-state index contributed by atoms with van der Waals surface area (Å²) < 4.78 is 5.85. The average Bonchev–Trinajstić information content (AvgIpc) is 3.13. The number of guanidine groups is 1. The van der Waals surface area contributed by atoms with E-state index in [1.54, 1.807) is 18.8 Å². The Morgan fingerprint density at radius 1 is 1.46 bits per heavy atom. The molecule has 0 bridgehead atoms. The van der Waals surface area contributed by atoms with E-state index in [0.29, 0.717) is 13.1 Å². The highest BCUT2D eigenvalue weighted by Gasteiger charge is 2.31. The first-order valence-corrected chi connectivity index (χ1v) is 8.94. The summed E-state index contributed by atoms with van der Waals surface area (Å²) in [5, 5.41) is 14.8. The smallest absolute Gasteiger partial charge is 0.193 e. The lowest BCUT2D eigenvalue weighted by atomic mass is 10.0. The Labute approximate surface area is 163 Å². The summed E-state index contributed by atoms with van der Waals surface area (Å²) in [6, 6.07) is 10.0. The fourth-order valence-corrected chi connectivity index (χ4v) is 4.08. The highest BCUT2D eigenvalue weighted by atomic mass is 127. The Morgan fingerprint density at radius 2 is 2.25 bits per heavy atom. The molecule has 7 heteroatoms. The summed E-state index contributed by atoms with van der Waals surface area (Å²) in [6.45, 7) is 1.15. The Balaban J connectivity index is 0.00000208. The quantitative estimate of drug-likeness (QED) is 0.417. The zero-order valence-corrected chi connectivity index (χ0v) is 17.1. The molecule has 0 amide bonds. The topological polar surface area (TPSA) is 61.0 Å². The fourth-order valence-electron chi connectivity index (χ4n) is 2.79. The maximum Gasteiger partial charge on any atom is 0.193 e. The number of benzene rings is 1. The van der Waals surface area contributed by atoms with Gasteiger partial charge in [0.15, 0.2) is 5.96 Å². The van der Waals surface area contributed by atoms with Crippen molar-refractivity contribution in [3.63, 3.8) is 0 Å². The van der Waals surface area contributed by atoms with Gasteiger partial charge in [-0.15, -0.1) is 24.0 Å². The predicted octanol–water partition coefficient (Wildman–Crippen LogP) is 2.93. The van der Waals surface area contributed by atoms with Gasteiger partial charge in [0, 0.05) is 31.8 Å². The van der Waals surface area contributed by atoms with Crippen molar-refractivity contribution in [2.75, 3.05) is 32.1 Å². The van der Waals surface area contributed by atoms with Crippen molar-refractivity contribution in [1.82, 2.24) is 10.2 Å². The van der Waals surface area contributed by atoms with Gasteiger partial charge in [0.1, 0.15) is 11.3 Å². The molecule has 1 aliphatic heterocycles. The summed E-state index contributed by atoms with van der Waals surface area (Å²) in [7, 11) is 3.72. The summed E-state index contributed by atoms with van der Waals surface area (Å²) in [5.74, 6) is 3.46. The van der Waals surface area contributed by atoms with Gasteiger partial charge in [0.2, 0.25) is 0 Å². The number of aliphatic hydroxyl groups is 1. The van der Waals surface area contributed by atoms with Gasteiger partial charge in [0.05, 0.1) is 12.1 Å². The minimum absolute atomic E-state index is 0. The van der Waals surface area contributed by atoms with Crippen LogP contribution in [0, 0.1) is 0 Å². The first-order chi connectivity index (χ1) is 11.1. The van der Waals surface area contributed by atoms with E-state index < -0.39 is 5.60 Å². The van der Waals surface area contributed by atoms with E-state index in [2.05, 4.69) is 16.4 Å². The normalized spacial score (nSPS) is 20.9. The minimum Gasteiger partial charge on any atom is -0.459 e. The molecule has 1 fully saturated rings. The third kappa shape index (κ3) is 4.58. The molecule has 3 rings (SSSR count). The third-order valence-corrected chi connectivity index (χ3v) is 5.34. The predicted molar refractivity (Wildman–Crippen MR) is 111 cm³/mol. The molecule has 1 unspecified atom stereocenters. The standard InChI is InChI=1S/C17H23N3O2S.HI/c1-18-16(19-11-17(21)7-8-23-12-17)20(2)10-14-9-13-5-3-4-6-15(13)22-14;/h3-6,9,21H,7-8,10-12H2,1-2H3,(H,18,19);1H. The number of fused-ring (bicyclic) bond motifs is 1. The lowest BCUT2D eigenvalue weighted by Gasteiger charge is -2.26. The van der Waals surface area contributed by atoms with Gasteiger partial charge in [-0.3, -0.25) is 4.99 Å². The lowest BCUT2D eigenvalue weighted by molar-refractivity contribution is 0.0718. The van der Waals surface area contributed by atoms with Gasteiger partial charge in [0.25, 0.3) is 0 Å². The average molecular weight is 461 g/mol. The lowest BCUT2D eigenvalue weighted by Crippen LogP contribution is -2.47. The minimum atomic E-state index is -0.624. The van der Waals surface area contributed by atoms with Crippen molar-refractivity contribution in [1.29, 1.82) is 0 Å². The zero-order valence-electron chi connectivity index (χ0n) is 14.0. The Kier molecular flexibility index (Phi) is 6.82. The largest absolute Gasteiger partial charge is 0.459 e. The molecular weight excluding hydrogens is 437 g/mol. The van der Waals surface area contributed by atoms with E-state index in [9.17, 15) is 5.11 Å². The number of para-hydroxylation sites is 1. The molecule has 2 N–H and O–H groups in total. The van der Waals surface area contributed by atoms with Crippen LogP contribution in [0.15, 0.2) is 39.7 Å². The van der Waals surface area contributed by atoms with Crippen molar-refractivity contribution in [3.8, 4) is 0 Å². The molecule has 1 aliphatic rings. The Hall–Kier alpha value is -0.930. The molecule has 0 aliphatic carbocycles. The molecule has 5 nitrogen and oxygen atoms in total. The van der Waals surface area contributed by atoms with Crippen LogP contribution >= 0.6 is 35.7 Å². The van der Waals surface area contributed by atoms with Gasteiger partial charge >= 0.3 is 0 Å². The van der Waals surface area contributed by atoms with E-state index in [4.69, 9.17) is 4.42 Å². The second-order valence-corrected chi connectivity index (χ2v) is 7.14. The third-order valence-electron chi connectivity index (χ3n) is 4.10. The number of thioether (sulfide) groups is 1. The van der Waals surface area contributed by atoms with Gasteiger partial charge in [-0.2, -0.15) is 11.8 Å². The van der Waals surface area contributed by atoms with Crippen LogP contribution in [-0.4, -0.2) is 53.7 Å². The second kappa shape index (κ2) is 8.44. The van der Waals surface area contributed by atoms with E-state index in [0.717, 1.165) is 40.6 Å². The summed E-state index contributed by atoms with van der Waals surface area (Å²) in [6.07, 6.45) is 0.828. The monoisotopic (exact) mass is 461 g/mol. The Morgan fingerprint density at radius 3 is 2.92 bits per heavy atom. The number of rotatable bonds is 4. The molecule has 0 radical (unpaired) electrons. The van der Waals surface area contributed by atoms with Crippen molar-refractivity contribution in [2.45, 2.75) is 18.6 Å². The van der Waals surface area contributed by atoms with Crippen LogP contribution in [0.4, 0.5) is 0 Å². The van der Waals surface area contributed by atoms with Crippen LogP contribution in [0.3, 0.4) is 0 Å². The van der Waals surface area contributed by atoms with Crippen molar-refractivity contribution < 1.29 is 9.52 Å². The molecule has 1 aromatic carbocycles. The van der Waals surface area contributed by atoms with Gasteiger partial charge in [-0.1, -0.05) is 18.2 Å². The molecule has 1 atom stereocenters. The molecule has 1 saturated heterocycles. The number of nitrogens with zero attached hydrogens (tertiary/aromatic N) is 2. The van der Waals surface area contributed by atoms with E-state index >= 15 is 0 Å². The molecular formula is C17H24IN3O2S. The number of halogens is 1. The number of furan rings is 1. The summed E-state index contributed by atoms with van der Waals surface area (Å²) in [4.78, 5) is 6.31. The molecule has 0 saturated carbocycles. The van der Waals surface area contributed by atoms with Crippen molar-refractivity contribution in [2.24, 2.45) is 4.99 Å². The molecule has 132 valence electrons. The fraction of sp³-hybridized carbons (Fsp3) is 0.471. The van der Waals surface area contributed by atoms with Crippen LogP contribution in [0.1, 0.15) is 12.2 Å². The number of nitrogens with one attached hydrogen (secondary N) is 1. The maximum absolute atomic E-state index is 10.4. The van der Waals surface area contributed by atoms with E-state index in [-0.39, 0.29) is 24.0 Å². The molecule has 2 aromatic rings. The molecule has 1 aromatic heterocycles. The number of hydrogen-bond donors (Lipinski definition) is 2. The second-order valence-electron chi connectivity index (χ2n) is 6.03. The number of hydrogen-bond acceptors (Lipinski definition) is 4.